The summed E-state index contributed by atoms with van der Waals surface area (Å²) in [5.41, 5.74) is 3.50. The van der Waals surface area contributed by atoms with Crippen LogP contribution in [0.15, 0.2) is 18.2 Å². The Morgan fingerprint density at radius 1 is 1.33 bits per heavy atom. The standard InChI is InChI=1S/C13H18F3N3O2/c1-12(2,7-17)8-18(3)11-5-4-9(19(20)21)6-10(11)13(14,15)16/h4-6H,7-8,17H2,1-3H3. The monoisotopic (exact) mass is 305 g/mol. The Bertz CT molecular complexity index is 530. The van der Waals surface area contributed by atoms with E-state index in [1.165, 1.54) is 11.9 Å². The van der Waals surface area contributed by atoms with Crippen LogP contribution in [0.1, 0.15) is 19.4 Å². The molecular formula is C13H18F3N3O2. The number of nitrogens with two attached hydrogens (primary N) is 1. The number of halogens is 3. The van der Waals surface area contributed by atoms with Crippen molar-refractivity contribution in [3.8, 4) is 0 Å². The van der Waals surface area contributed by atoms with E-state index in [9.17, 15) is 23.3 Å². The molecule has 0 radical (unpaired) electrons. The number of hydrogen-bond acceptors (Lipinski definition) is 4. The summed E-state index contributed by atoms with van der Waals surface area (Å²) in [7, 11) is 1.51. The molecule has 0 atom stereocenters. The lowest BCUT2D eigenvalue weighted by Crippen LogP contribution is -2.37. The van der Waals surface area contributed by atoms with Gasteiger partial charge in [-0.25, -0.2) is 0 Å². The molecule has 0 heterocycles. The summed E-state index contributed by atoms with van der Waals surface area (Å²) >= 11 is 0. The average molecular weight is 305 g/mol. The highest BCUT2D eigenvalue weighted by Crippen LogP contribution is 2.39. The molecule has 0 amide bonds. The molecule has 1 aromatic rings. The van der Waals surface area contributed by atoms with Gasteiger partial charge >= 0.3 is 6.18 Å². The zero-order valence-corrected chi connectivity index (χ0v) is 12.1. The van der Waals surface area contributed by atoms with Crippen LogP contribution in [0.5, 0.6) is 0 Å². The van der Waals surface area contributed by atoms with E-state index in [1.54, 1.807) is 0 Å². The number of non-ortho nitro benzene ring substituents is 1. The van der Waals surface area contributed by atoms with E-state index in [0.717, 1.165) is 12.1 Å². The summed E-state index contributed by atoms with van der Waals surface area (Å²) < 4.78 is 39.3. The normalized spacial score (nSPS) is 12.3. The summed E-state index contributed by atoms with van der Waals surface area (Å²) in [6.07, 6.45) is -4.66. The lowest BCUT2D eigenvalue weighted by atomic mass is 9.93. The molecular weight excluding hydrogens is 287 g/mol. The predicted molar refractivity (Wildman–Crippen MR) is 74.2 cm³/mol. The molecule has 0 aliphatic rings. The zero-order chi connectivity index (χ0) is 16.4. The number of nitro benzene ring substituents is 1. The Labute approximate surface area is 120 Å². The number of nitro groups is 1. The molecule has 1 aromatic carbocycles. The van der Waals surface area contributed by atoms with Gasteiger partial charge in [-0.1, -0.05) is 13.8 Å². The molecule has 0 aliphatic heterocycles. The van der Waals surface area contributed by atoms with Crippen LogP contribution >= 0.6 is 0 Å². The van der Waals surface area contributed by atoms with Crippen molar-refractivity contribution >= 4 is 11.4 Å². The van der Waals surface area contributed by atoms with Crippen LogP contribution in [0, 0.1) is 15.5 Å². The fraction of sp³-hybridized carbons (Fsp3) is 0.538. The first-order chi connectivity index (χ1) is 9.48. The van der Waals surface area contributed by atoms with E-state index >= 15 is 0 Å². The quantitative estimate of drug-likeness (QED) is 0.670. The van der Waals surface area contributed by atoms with Gasteiger partial charge in [0.2, 0.25) is 0 Å². The molecule has 0 saturated carbocycles. The third-order valence-corrected chi connectivity index (χ3v) is 3.13. The summed E-state index contributed by atoms with van der Waals surface area (Å²) in [6, 6.07) is 2.74. The van der Waals surface area contributed by atoms with Gasteiger partial charge in [-0.05, 0) is 18.0 Å². The van der Waals surface area contributed by atoms with E-state index in [4.69, 9.17) is 5.73 Å². The predicted octanol–water partition coefficient (Wildman–Crippen LogP) is 3.03. The molecule has 0 bridgehead atoms. The highest BCUT2D eigenvalue weighted by Gasteiger charge is 2.36. The summed E-state index contributed by atoms with van der Waals surface area (Å²) in [4.78, 5) is 11.2. The number of hydrogen-bond donors (Lipinski definition) is 1. The minimum atomic E-state index is -4.66. The van der Waals surface area contributed by atoms with Gasteiger partial charge in [0.15, 0.2) is 0 Å². The third kappa shape index (κ3) is 4.32. The van der Waals surface area contributed by atoms with Gasteiger partial charge in [0.1, 0.15) is 0 Å². The van der Waals surface area contributed by atoms with Crippen LogP contribution in [-0.2, 0) is 6.18 Å². The summed E-state index contributed by atoms with van der Waals surface area (Å²) in [6.45, 7) is 4.28. The second-order valence-corrected chi connectivity index (χ2v) is 5.68. The maximum absolute atomic E-state index is 13.1. The molecule has 118 valence electrons. The van der Waals surface area contributed by atoms with Gasteiger partial charge in [-0.15, -0.1) is 0 Å². The van der Waals surface area contributed by atoms with Crippen LogP contribution in [-0.4, -0.2) is 25.1 Å². The maximum atomic E-state index is 13.1. The third-order valence-electron chi connectivity index (χ3n) is 3.13. The molecule has 1 rings (SSSR count). The van der Waals surface area contributed by atoms with E-state index in [1.807, 2.05) is 13.8 Å². The van der Waals surface area contributed by atoms with Gasteiger partial charge in [-0.2, -0.15) is 13.2 Å². The molecule has 0 fully saturated rings. The van der Waals surface area contributed by atoms with E-state index in [2.05, 4.69) is 0 Å². The lowest BCUT2D eigenvalue weighted by Gasteiger charge is -2.31. The van der Waals surface area contributed by atoms with Crippen molar-refractivity contribution in [3.05, 3.63) is 33.9 Å². The molecule has 0 unspecified atom stereocenters. The Hall–Kier alpha value is -1.83. The number of benzene rings is 1. The van der Waals surface area contributed by atoms with Gasteiger partial charge in [0.25, 0.3) is 5.69 Å². The molecule has 21 heavy (non-hydrogen) atoms. The van der Waals surface area contributed by atoms with Crippen LogP contribution in [0.4, 0.5) is 24.5 Å². The second kappa shape index (κ2) is 5.88. The topological polar surface area (TPSA) is 72.4 Å². The minimum Gasteiger partial charge on any atom is -0.374 e. The molecule has 0 saturated heterocycles. The summed E-state index contributed by atoms with van der Waals surface area (Å²) in [5, 5.41) is 10.6. The van der Waals surface area contributed by atoms with Gasteiger partial charge < -0.3 is 10.6 Å². The number of anilines is 1. The van der Waals surface area contributed by atoms with Gasteiger partial charge in [0.05, 0.1) is 10.5 Å². The first-order valence-electron chi connectivity index (χ1n) is 6.25. The van der Waals surface area contributed by atoms with Crippen LogP contribution in [0.25, 0.3) is 0 Å². The number of nitrogens with zero attached hydrogens (tertiary/aromatic N) is 2. The number of rotatable bonds is 5. The first-order valence-corrected chi connectivity index (χ1v) is 6.25. The van der Waals surface area contributed by atoms with Crippen molar-refractivity contribution in [2.24, 2.45) is 11.1 Å². The molecule has 2 N–H and O–H groups in total. The minimum absolute atomic E-state index is 0.102. The smallest absolute Gasteiger partial charge is 0.374 e. The van der Waals surface area contributed by atoms with Crippen molar-refractivity contribution in [3.63, 3.8) is 0 Å². The van der Waals surface area contributed by atoms with Crippen molar-refractivity contribution in [1.82, 2.24) is 0 Å². The molecule has 0 aliphatic carbocycles. The van der Waals surface area contributed by atoms with E-state index < -0.39 is 22.4 Å². The highest BCUT2D eigenvalue weighted by atomic mass is 19.4. The van der Waals surface area contributed by atoms with E-state index in [0.29, 0.717) is 19.2 Å². The lowest BCUT2D eigenvalue weighted by molar-refractivity contribution is -0.385. The Balaban J connectivity index is 3.26. The van der Waals surface area contributed by atoms with Crippen LogP contribution < -0.4 is 10.6 Å². The molecule has 8 heteroatoms. The van der Waals surface area contributed by atoms with E-state index in [-0.39, 0.29) is 11.1 Å². The van der Waals surface area contributed by atoms with Crippen molar-refractivity contribution in [1.29, 1.82) is 0 Å². The SMILES string of the molecule is CN(CC(C)(C)CN)c1ccc([N+](=O)[O-])cc1C(F)(F)F. The van der Waals surface area contributed by atoms with Crippen LogP contribution in [0.2, 0.25) is 0 Å². The van der Waals surface area contributed by atoms with Gasteiger partial charge in [0, 0.05) is 31.4 Å². The van der Waals surface area contributed by atoms with Gasteiger partial charge in [-0.3, -0.25) is 10.1 Å². The van der Waals surface area contributed by atoms with Crippen molar-refractivity contribution < 1.29 is 18.1 Å². The highest BCUT2D eigenvalue weighted by molar-refractivity contribution is 5.59. The molecule has 0 spiro atoms. The zero-order valence-electron chi connectivity index (χ0n) is 12.1. The fourth-order valence-corrected chi connectivity index (χ4v) is 1.99. The van der Waals surface area contributed by atoms with Crippen molar-refractivity contribution in [2.45, 2.75) is 20.0 Å². The average Bonchev–Trinajstić information content (AvgIpc) is 2.36. The summed E-state index contributed by atoms with van der Waals surface area (Å²) in [5.74, 6) is 0. The largest absolute Gasteiger partial charge is 0.418 e. The maximum Gasteiger partial charge on any atom is 0.418 e. The Morgan fingerprint density at radius 2 is 1.90 bits per heavy atom. The number of alkyl halides is 3. The fourth-order valence-electron chi connectivity index (χ4n) is 1.99. The van der Waals surface area contributed by atoms with Crippen LogP contribution in [0.3, 0.4) is 0 Å². The second-order valence-electron chi connectivity index (χ2n) is 5.68. The first kappa shape index (κ1) is 17.2. The Morgan fingerprint density at radius 3 is 2.33 bits per heavy atom. The molecule has 5 nitrogen and oxygen atoms in total. The molecule has 0 aromatic heterocycles. The Kier molecular flexibility index (Phi) is 4.83. The van der Waals surface area contributed by atoms with Crippen molar-refractivity contribution in [2.75, 3.05) is 25.0 Å².